The number of piperazine rings is 1. The van der Waals surface area contributed by atoms with Crippen LogP contribution in [0.25, 0.3) is 0 Å². The lowest BCUT2D eigenvalue weighted by Gasteiger charge is -2.33. The maximum atomic E-state index is 12.6. The normalized spacial score (nSPS) is 15.9. The summed E-state index contributed by atoms with van der Waals surface area (Å²) in [5.41, 5.74) is 3.27. The van der Waals surface area contributed by atoms with Gasteiger partial charge in [-0.05, 0) is 30.0 Å². The molecule has 0 aliphatic carbocycles. The van der Waals surface area contributed by atoms with Gasteiger partial charge in [0.1, 0.15) is 0 Å². The number of carbonyl (C=O) groups is 1. The van der Waals surface area contributed by atoms with Crippen LogP contribution in [0.4, 0.5) is 0 Å². The molecule has 6 nitrogen and oxygen atoms in total. The molecule has 1 saturated heterocycles. The predicted octanol–water partition coefficient (Wildman–Crippen LogP) is 1.80. The van der Waals surface area contributed by atoms with Gasteiger partial charge in [-0.3, -0.25) is 9.69 Å². The first-order chi connectivity index (χ1) is 13.9. The number of amides is 1. The summed E-state index contributed by atoms with van der Waals surface area (Å²) in [4.78, 5) is 14.2. The Labute approximate surface area is 173 Å². The van der Waals surface area contributed by atoms with Gasteiger partial charge in [-0.1, -0.05) is 54.6 Å². The zero-order valence-corrected chi connectivity index (χ0v) is 17.7. The maximum absolute atomic E-state index is 12.6. The smallest absolute Gasteiger partial charge is 0.234 e. The SMILES string of the molecule is Cc1ccccc1CCNC(=O)CN1CCN(S(=O)(=O)Cc2ccccc2)CC1. The Morgan fingerprint density at radius 1 is 0.966 bits per heavy atom. The summed E-state index contributed by atoms with van der Waals surface area (Å²) in [7, 11) is -3.33. The third-order valence-electron chi connectivity index (χ3n) is 5.26. The zero-order chi connectivity index (χ0) is 20.7. The number of nitrogens with one attached hydrogen (secondary N) is 1. The Balaban J connectivity index is 1.40. The van der Waals surface area contributed by atoms with E-state index in [0.717, 1.165) is 12.0 Å². The predicted molar refractivity (Wildman–Crippen MR) is 115 cm³/mol. The highest BCUT2D eigenvalue weighted by Gasteiger charge is 2.27. The lowest BCUT2D eigenvalue weighted by molar-refractivity contribution is -0.122. The quantitative estimate of drug-likeness (QED) is 0.714. The highest BCUT2D eigenvalue weighted by molar-refractivity contribution is 7.88. The molecule has 0 bridgehead atoms. The van der Waals surface area contributed by atoms with E-state index in [4.69, 9.17) is 0 Å². The summed E-state index contributed by atoms with van der Waals surface area (Å²) in [5, 5.41) is 2.97. The molecule has 7 heteroatoms. The lowest BCUT2D eigenvalue weighted by Crippen LogP contribution is -2.51. The second kappa shape index (κ2) is 10.0. The summed E-state index contributed by atoms with van der Waals surface area (Å²) in [6.07, 6.45) is 0.809. The van der Waals surface area contributed by atoms with Crippen molar-refractivity contribution in [1.29, 1.82) is 0 Å². The number of carbonyl (C=O) groups excluding carboxylic acids is 1. The fraction of sp³-hybridized carbons (Fsp3) is 0.409. The largest absolute Gasteiger partial charge is 0.355 e. The first-order valence-electron chi connectivity index (χ1n) is 9.99. The van der Waals surface area contributed by atoms with Crippen LogP contribution in [0.15, 0.2) is 54.6 Å². The molecule has 2 aromatic rings. The second-order valence-corrected chi connectivity index (χ2v) is 9.41. The van der Waals surface area contributed by atoms with Crippen LogP contribution in [0.3, 0.4) is 0 Å². The third kappa shape index (κ3) is 6.39. The molecule has 0 atom stereocenters. The van der Waals surface area contributed by atoms with E-state index in [2.05, 4.69) is 24.4 Å². The molecule has 0 spiro atoms. The van der Waals surface area contributed by atoms with Crippen molar-refractivity contribution in [3.63, 3.8) is 0 Å². The van der Waals surface area contributed by atoms with Crippen LogP contribution in [0, 0.1) is 6.92 Å². The summed E-state index contributed by atoms with van der Waals surface area (Å²) in [5.74, 6) is 0.00641. The molecule has 1 amide bonds. The standard InChI is InChI=1S/C22H29N3O3S/c1-19-7-5-6-10-21(19)11-12-23-22(26)17-24-13-15-25(16-14-24)29(27,28)18-20-8-3-2-4-9-20/h2-10H,11-18H2,1H3,(H,23,26). The number of benzene rings is 2. The van der Waals surface area contributed by atoms with Crippen LogP contribution in [0.1, 0.15) is 16.7 Å². The van der Waals surface area contributed by atoms with E-state index >= 15 is 0 Å². The van der Waals surface area contributed by atoms with Gasteiger partial charge in [0.2, 0.25) is 15.9 Å². The molecule has 1 heterocycles. The summed E-state index contributed by atoms with van der Waals surface area (Å²) in [6.45, 7) is 4.97. The summed E-state index contributed by atoms with van der Waals surface area (Å²) < 4.78 is 26.8. The first kappa shape index (κ1) is 21.5. The first-order valence-corrected chi connectivity index (χ1v) is 11.6. The zero-order valence-electron chi connectivity index (χ0n) is 16.9. The Morgan fingerprint density at radius 2 is 1.62 bits per heavy atom. The molecule has 1 fully saturated rings. The van der Waals surface area contributed by atoms with Gasteiger partial charge in [-0.15, -0.1) is 0 Å². The van der Waals surface area contributed by atoms with Crippen LogP contribution in [0.2, 0.25) is 0 Å². The molecule has 0 unspecified atom stereocenters. The molecule has 29 heavy (non-hydrogen) atoms. The highest BCUT2D eigenvalue weighted by atomic mass is 32.2. The van der Waals surface area contributed by atoms with Gasteiger partial charge in [0, 0.05) is 32.7 Å². The average Bonchev–Trinajstić information content (AvgIpc) is 2.70. The van der Waals surface area contributed by atoms with Gasteiger partial charge >= 0.3 is 0 Å². The van der Waals surface area contributed by atoms with Crippen molar-refractivity contribution in [3.8, 4) is 0 Å². The van der Waals surface area contributed by atoms with E-state index in [9.17, 15) is 13.2 Å². The van der Waals surface area contributed by atoms with E-state index < -0.39 is 10.0 Å². The minimum absolute atomic E-state index is 0.0147. The van der Waals surface area contributed by atoms with Gasteiger partial charge in [0.25, 0.3) is 0 Å². The number of hydrogen-bond donors (Lipinski definition) is 1. The van der Waals surface area contributed by atoms with Crippen LogP contribution in [-0.2, 0) is 27.0 Å². The fourth-order valence-electron chi connectivity index (χ4n) is 3.53. The topological polar surface area (TPSA) is 69.7 Å². The van der Waals surface area contributed by atoms with Crippen molar-refractivity contribution < 1.29 is 13.2 Å². The lowest BCUT2D eigenvalue weighted by atomic mass is 10.1. The fourth-order valence-corrected chi connectivity index (χ4v) is 5.04. The van der Waals surface area contributed by atoms with Crippen LogP contribution >= 0.6 is 0 Å². The molecule has 1 N–H and O–H groups in total. The Hall–Kier alpha value is -2.22. The second-order valence-electron chi connectivity index (χ2n) is 7.44. The Bertz CT molecular complexity index is 908. The van der Waals surface area contributed by atoms with Gasteiger partial charge in [0.15, 0.2) is 0 Å². The Kier molecular flexibility index (Phi) is 7.41. The van der Waals surface area contributed by atoms with Gasteiger partial charge in [-0.2, -0.15) is 4.31 Å². The monoisotopic (exact) mass is 415 g/mol. The van der Waals surface area contributed by atoms with E-state index in [1.165, 1.54) is 15.4 Å². The summed E-state index contributed by atoms with van der Waals surface area (Å²) in [6, 6.07) is 17.4. The van der Waals surface area contributed by atoms with E-state index in [-0.39, 0.29) is 11.7 Å². The van der Waals surface area contributed by atoms with E-state index in [1.54, 1.807) is 0 Å². The Morgan fingerprint density at radius 3 is 2.31 bits per heavy atom. The molecule has 0 saturated carbocycles. The molecule has 2 aromatic carbocycles. The number of sulfonamides is 1. The number of rotatable bonds is 8. The van der Waals surface area contributed by atoms with Crippen molar-refractivity contribution >= 4 is 15.9 Å². The maximum Gasteiger partial charge on any atom is 0.234 e. The summed E-state index contributed by atoms with van der Waals surface area (Å²) >= 11 is 0. The molecule has 3 rings (SSSR count). The van der Waals surface area contributed by atoms with Gasteiger partial charge < -0.3 is 5.32 Å². The minimum atomic E-state index is -3.33. The van der Waals surface area contributed by atoms with Crippen molar-refractivity contribution in [3.05, 3.63) is 71.3 Å². The van der Waals surface area contributed by atoms with Crippen LogP contribution in [0.5, 0.6) is 0 Å². The van der Waals surface area contributed by atoms with Crippen LogP contribution < -0.4 is 5.32 Å². The van der Waals surface area contributed by atoms with Crippen molar-refractivity contribution in [2.45, 2.75) is 19.1 Å². The van der Waals surface area contributed by atoms with Crippen LogP contribution in [-0.4, -0.2) is 62.8 Å². The van der Waals surface area contributed by atoms with Crippen molar-refractivity contribution in [2.24, 2.45) is 0 Å². The number of aryl methyl sites for hydroxylation is 1. The van der Waals surface area contributed by atoms with E-state index in [0.29, 0.717) is 39.3 Å². The molecular weight excluding hydrogens is 386 g/mol. The molecule has 0 radical (unpaired) electrons. The molecule has 1 aliphatic rings. The molecule has 0 aromatic heterocycles. The van der Waals surface area contributed by atoms with Gasteiger partial charge in [-0.25, -0.2) is 8.42 Å². The molecular formula is C22H29N3O3S. The average molecular weight is 416 g/mol. The molecule has 1 aliphatic heterocycles. The number of nitrogens with zero attached hydrogens (tertiary/aromatic N) is 2. The highest BCUT2D eigenvalue weighted by Crippen LogP contribution is 2.13. The third-order valence-corrected chi connectivity index (χ3v) is 7.11. The van der Waals surface area contributed by atoms with Crippen molar-refractivity contribution in [2.75, 3.05) is 39.3 Å². The van der Waals surface area contributed by atoms with Gasteiger partial charge in [0.05, 0.1) is 12.3 Å². The van der Waals surface area contributed by atoms with Crippen molar-refractivity contribution in [1.82, 2.24) is 14.5 Å². The minimum Gasteiger partial charge on any atom is -0.355 e. The molecule has 156 valence electrons. The number of hydrogen-bond acceptors (Lipinski definition) is 4. The van der Waals surface area contributed by atoms with E-state index in [1.807, 2.05) is 47.4 Å².